The van der Waals surface area contributed by atoms with Crippen LogP contribution in [0.4, 0.5) is 5.95 Å². The van der Waals surface area contributed by atoms with Gasteiger partial charge in [0.25, 0.3) is 0 Å². The van der Waals surface area contributed by atoms with Crippen LogP contribution in [-0.4, -0.2) is 79.2 Å². The van der Waals surface area contributed by atoms with Crippen LogP contribution in [-0.2, 0) is 14.8 Å². The quantitative estimate of drug-likeness (QED) is 0.398. The third kappa shape index (κ3) is 5.48. The average molecular weight is 534 g/mol. The highest BCUT2D eigenvalue weighted by Gasteiger charge is 2.36. The molecule has 1 aliphatic heterocycles. The Morgan fingerprint density at radius 1 is 1.03 bits per heavy atom. The number of anilines is 1. The molecule has 0 bridgehead atoms. The summed E-state index contributed by atoms with van der Waals surface area (Å²) < 4.78 is 52.6. The summed E-state index contributed by atoms with van der Waals surface area (Å²) in [6.07, 6.45) is 0.0841. The van der Waals surface area contributed by atoms with Gasteiger partial charge in [-0.15, -0.1) is 10.2 Å². The van der Waals surface area contributed by atoms with Gasteiger partial charge in [-0.1, -0.05) is 12.1 Å². The van der Waals surface area contributed by atoms with Crippen molar-refractivity contribution in [3.63, 3.8) is 0 Å². The summed E-state index contributed by atoms with van der Waals surface area (Å²) in [5, 5.41) is 18.1. The van der Waals surface area contributed by atoms with E-state index in [1.54, 1.807) is 36.4 Å². The van der Waals surface area contributed by atoms with Crippen molar-refractivity contribution in [3.05, 3.63) is 36.4 Å². The Balaban J connectivity index is 1.81. The molecule has 3 heterocycles. The number of hydrogen-bond donors (Lipinski definition) is 2. The Morgan fingerprint density at radius 2 is 1.68 bits per heavy atom. The Labute approximate surface area is 215 Å². The van der Waals surface area contributed by atoms with Gasteiger partial charge >= 0.3 is 0 Å². The second-order valence-electron chi connectivity index (χ2n) is 8.55. The number of sulfonamides is 1. The van der Waals surface area contributed by atoms with Gasteiger partial charge < -0.3 is 24.1 Å². The number of hydrogen-bond acceptors (Lipinski definition) is 10. The highest BCUT2D eigenvalue weighted by molar-refractivity contribution is 7.93. The fourth-order valence-corrected chi connectivity index (χ4v) is 5.44. The zero-order valence-electron chi connectivity index (χ0n) is 21.1. The Morgan fingerprint density at radius 3 is 2.30 bits per heavy atom. The van der Waals surface area contributed by atoms with Crippen molar-refractivity contribution in [2.75, 3.05) is 39.3 Å². The van der Waals surface area contributed by atoms with Crippen molar-refractivity contribution in [2.24, 2.45) is 5.92 Å². The van der Waals surface area contributed by atoms with E-state index in [1.165, 1.54) is 32.8 Å². The lowest BCUT2D eigenvalue weighted by Gasteiger charge is -2.30. The smallest absolute Gasteiger partial charge is 0.243 e. The lowest BCUT2D eigenvalue weighted by molar-refractivity contribution is 0.00820. The summed E-state index contributed by atoms with van der Waals surface area (Å²) in [7, 11) is 0.363. The molecule has 2 atom stereocenters. The zero-order chi connectivity index (χ0) is 26.6. The standard InChI is InChI=1S/C24H31N5O7S/c1-15(22(30)16-11-13-36-14-12-16)37(31,32)28-24-27-26-23(17-7-5-10-20(25-17)35-4)29(24)21-18(33-2)8-6-9-19(21)34-3/h5-10,15-16,22,30H,11-14H2,1-4H3,(H,27,28)/t15-,22?/m0/s1. The maximum Gasteiger partial charge on any atom is 0.243 e. The van der Waals surface area contributed by atoms with E-state index in [2.05, 4.69) is 19.9 Å². The lowest BCUT2D eigenvalue weighted by atomic mass is 9.92. The summed E-state index contributed by atoms with van der Waals surface area (Å²) in [5.74, 6) is 1.03. The fourth-order valence-electron chi connectivity index (χ4n) is 4.28. The first kappa shape index (κ1) is 26.6. The first-order chi connectivity index (χ1) is 17.8. The van der Waals surface area contributed by atoms with Gasteiger partial charge in [0, 0.05) is 19.3 Å². The summed E-state index contributed by atoms with van der Waals surface area (Å²) in [5.41, 5.74) is 0.744. The molecule has 200 valence electrons. The van der Waals surface area contributed by atoms with Gasteiger partial charge in [-0.05, 0) is 43.9 Å². The van der Waals surface area contributed by atoms with Crippen LogP contribution >= 0.6 is 0 Å². The monoisotopic (exact) mass is 533 g/mol. The van der Waals surface area contributed by atoms with E-state index < -0.39 is 21.4 Å². The van der Waals surface area contributed by atoms with Crippen LogP contribution in [0.15, 0.2) is 36.4 Å². The Hall–Kier alpha value is -3.42. The van der Waals surface area contributed by atoms with E-state index in [9.17, 15) is 13.5 Å². The van der Waals surface area contributed by atoms with Crippen LogP contribution in [0.5, 0.6) is 17.4 Å². The number of aliphatic hydroxyl groups is 1. The van der Waals surface area contributed by atoms with Crippen molar-refractivity contribution in [1.29, 1.82) is 0 Å². The third-order valence-corrected chi connectivity index (χ3v) is 8.13. The van der Waals surface area contributed by atoms with Crippen LogP contribution in [0.2, 0.25) is 0 Å². The number of ether oxygens (including phenoxy) is 4. The first-order valence-corrected chi connectivity index (χ1v) is 13.3. The number of nitrogens with one attached hydrogen (secondary N) is 1. The Bertz CT molecular complexity index is 1300. The second-order valence-corrected chi connectivity index (χ2v) is 10.6. The van der Waals surface area contributed by atoms with E-state index in [1.807, 2.05) is 0 Å². The van der Waals surface area contributed by atoms with E-state index in [-0.39, 0.29) is 17.7 Å². The minimum Gasteiger partial charge on any atom is -0.494 e. The molecule has 12 nitrogen and oxygen atoms in total. The number of benzene rings is 1. The molecule has 3 aromatic rings. The third-order valence-electron chi connectivity index (χ3n) is 6.40. The molecule has 0 spiro atoms. The van der Waals surface area contributed by atoms with Gasteiger partial charge in [0.1, 0.15) is 28.1 Å². The van der Waals surface area contributed by atoms with Crippen molar-refractivity contribution < 1.29 is 32.5 Å². The summed E-state index contributed by atoms with van der Waals surface area (Å²) in [4.78, 5) is 4.44. The van der Waals surface area contributed by atoms with E-state index in [0.29, 0.717) is 54.8 Å². The van der Waals surface area contributed by atoms with Crippen LogP contribution in [0.3, 0.4) is 0 Å². The van der Waals surface area contributed by atoms with Crippen molar-refractivity contribution >= 4 is 16.0 Å². The van der Waals surface area contributed by atoms with E-state index >= 15 is 0 Å². The highest BCUT2D eigenvalue weighted by Crippen LogP contribution is 2.38. The van der Waals surface area contributed by atoms with E-state index in [4.69, 9.17) is 18.9 Å². The average Bonchev–Trinajstić information content (AvgIpc) is 3.34. The van der Waals surface area contributed by atoms with E-state index in [0.717, 1.165) is 0 Å². The fraction of sp³-hybridized carbons (Fsp3) is 0.458. The molecular weight excluding hydrogens is 502 g/mol. The number of para-hydroxylation sites is 1. The van der Waals surface area contributed by atoms with Crippen molar-refractivity contribution in [3.8, 4) is 34.6 Å². The SMILES string of the molecule is COc1cccc(-c2nnc(NS(=O)(=O)[C@@H](C)C(O)C3CCOCC3)n2-c2c(OC)cccc2OC)n1. The largest absolute Gasteiger partial charge is 0.494 e. The molecule has 4 rings (SSSR count). The molecule has 1 unspecified atom stereocenters. The number of aromatic nitrogens is 4. The zero-order valence-corrected chi connectivity index (χ0v) is 21.9. The number of rotatable bonds is 10. The molecule has 0 radical (unpaired) electrons. The summed E-state index contributed by atoms with van der Waals surface area (Å²) in [6.45, 7) is 2.44. The van der Waals surface area contributed by atoms with Crippen LogP contribution in [0.25, 0.3) is 17.2 Å². The first-order valence-electron chi connectivity index (χ1n) is 11.8. The summed E-state index contributed by atoms with van der Waals surface area (Å²) in [6, 6.07) is 10.3. The van der Waals surface area contributed by atoms with Crippen molar-refractivity contribution in [2.45, 2.75) is 31.1 Å². The molecule has 37 heavy (non-hydrogen) atoms. The van der Waals surface area contributed by atoms with Gasteiger partial charge in [-0.25, -0.2) is 13.4 Å². The number of aliphatic hydroxyl groups excluding tert-OH is 1. The van der Waals surface area contributed by atoms with Gasteiger partial charge in [-0.2, -0.15) is 0 Å². The molecule has 1 saturated heterocycles. The lowest BCUT2D eigenvalue weighted by Crippen LogP contribution is -2.42. The predicted octanol–water partition coefficient (Wildman–Crippen LogP) is 2.27. The van der Waals surface area contributed by atoms with Crippen molar-refractivity contribution in [1.82, 2.24) is 19.7 Å². The number of methoxy groups -OCH3 is 3. The molecule has 1 aliphatic rings. The van der Waals surface area contributed by atoms with Gasteiger partial charge in [0.15, 0.2) is 5.82 Å². The molecule has 13 heteroatoms. The van der Waals surface area contributed by atoms with Crippen LogP contribution in [0, 0.1) is 5.92 Å². The van der Waals surface area contributed by atoms with Gasteiger partial charge in [-0.3, -0.25) is 9.29 Å². The normalized spacial score (nSPS) is 16.1. The number of pyridine rings is 1. The maximum atomic E-state index is 13.4. The molecule has 1 fully saturated rings. The second kappa shape index (κ2) is 11.3. The minimum atomic E-state index is -4.10. The molecule has 2 aromatic heterocycles. The molecular formula is C24H31N5O7S. The molecule has 2 N–H and O–H groups in total. The predicted molar refractivity (Wildman–Crippen MR) is 136 cm³/mol. The topological polar surface area (TPSA) is 147 Å². The molecule has 1 aromatic carbocycles. The van der Waals surface area contributed by atoms with Gasteiger partial charge in [0.2, 0.25) is 21.9 Å². The minimum absolute atomic E-state index is 0.117. The molecule has 0 saturated carbocycles. The maximum absolute atomic E-state index is 13.4. The molecule has 0 aliphatic carbocycles. The summed E-state index contributed by atoms with van der Waals surface area (Å²) >= 11 is 0. The van der Waals surface area contributed by atoms with Crippen LogP contribution in [0.1, 0.15) is 19.8 Å². The Kier molecular flexibility index (Phi) is 8.15. The number of nitrogens with zero attached hydrogens (tertiary/aromatic N) is 4. The molecule has 0 amide bonds. The van der Waals surface area contributed by atoms with Gasteiger partial charge in [0.05, 0.1) is 27.4 Å². The highest BCUT2D eigenvalue weighted by atomic mass is 32.2. The van der Waals surface area contributed by atoms with Crippen LogP contribution < -0.4 is 18.9 Å².